The van der Waals surface area contributed by atoms with E-state index in [9.17, 15) is 0 Å². The fourth-order valence-corrected chi connectivity index (χ4v) is 7.00. The molecule has 0 N–H and O–H groups in total. The maximum Gasteiger partial charge on any atom is 0.164 e. The highest BCUT2D eigenvalue weighted by Crippen LogP contribution is 2.41. The first kappa shape index (κ1) is 27.5. The summed E-state index contributed by atoms with van der Waals surface area (Å²) < 4.78 is 6.68. The topological polar surface area (TPSA) is 51.8 Å². The Morgan fingerprint density at radius 1 is 0.327 bits per heavy atom. The van der Waals surface area contributed by atoms with Crippen LogP contribution in [0, 0.1) is 0 Å². The Bertz CT molecular complexity index is 2890. The zero-order valence-corrected chi connectivity index (χ0v) is 26.3. The molecule has 4 heteroatoms. The number of hydrogen-bond donors (Lipinski definition) is 0. The third-order valence-electron chi connectivity index (χ3n) is 9.48. The molecule has 49 heavy (non-hydrogen) atoms. The van der Waals surface area contributed by atoms with E-state index in [1.54, 1.807) is 0 Å². The third kappa shape index (κ3) is 4.65. The fraction of sp³-hybridized carbons (Fsp3) is 0. The number of nitrogens with zero attached hydrogens (tertiary/aromatic N) is 3. The van der Waals surface area contributed by atoms with Crippen molar-refractivity contribution < 1.29 is 4.42 Å². The highest BCUT2D eigenvalue weighted by atomic mass is 16.3. The van der Waals surface area contributed by atoms with Crippen LogP contribution in [0.5, 0.6) is 0 Å². The van der Waals surface area contributed by atoms with Crippen LogP contribution in [-0.4, -0.2) is 15.0 Å². The number of furan rings is 1. The van der Waals surface area contributed by atoms with Gasteiger partial charge in [0, 0.05) is 32.8 Å². The minimum absolute atomic E-state index is 0.622. The number of aromatic nitrogens is 3. The molecular weight excluding hydrogens is 599 g/mol. The van der Waals surface area contributed by atoms with E-state index >= 15 is 0 Å². The van der Waals surface area contributed by atoms with Gasteiger partial charge in [0.25, 0.3) is 0 Å². The van der Waals surface area contributed by atoms with Crippen molar-refractivity contribution in [1.82, 2.24) is 15.0 Å². The average molecular weight is 626 g/mol. The maximum absolute atomic E-state index is 6.68. The molecule has 0 atom stereocenters. The Morgan fingerprint density at radius 3 is 1.63 bits per heavy atom. The highest BCUT2D eigenvalue weighted by Gasteiger charge is 2.19. The molecule has 0 unspecified atom stereocenters. The normalized spacial score (nSPS) is 11.7. The van der Waals surface area contributed by atoms with Gasteiger partial charge in [-0.3, -0.25) is 0 Å². The summed E-state index contributed by atoms with van der Waals surface area (Å²) in [5.74, 6) is 1.89. The molecular formula is C45H27N3O. The lowest BCUT2D eigenvalue weighted by Gasteiger charge is -2.11. The molecule has 0 aliphatic carbocycles. The molecule has 0 aliphatic heterocycles. The van der Waals surface area contributed by atoms with Crippen molar-refractivity contribution in [1.29, 1.82) is 0 Å². The molecule has 8 aromatic carbocycles. The van der Waals surface area contributed by atoms with Crippen LogP contribution in [0.4, 0.5) is 0 Å². The molecule has 0 bridgehead atoms. The van der Waals surface area contributed by atoms with E-state index in [2.05, 4.69) is 133 Å². The molecule has 10 aromatic rings. The van der Waals surface area contributed by atoms with Crippen LogP contribution in [0.1, 0.15) is 0 Å². The van der Waals surface area contributed by atoms with Gasteiger partial charge in [0.05, 0.1) is 0 Å². The van der Waals surface area contributed by atoms with Crippen LogP contribution in [0.15, 0.2) is 168 Å². The smallest absolute Gasteiger partial charge is 0.164 e. The summed E-state index contributed by atoms with van der Waals surface area (Å²) >= 11 is 0. The van der Waals surface area contributed by atoms with E-state index in [1.807, 2.05) is 30.3 Å². The zero-order valence-electron chi connectivity index (χ0n) is 26.3. The fourth-order valence-electron chi connectivity index (χ4n) is 7.00. The molecule has 0 aliphatic rings. The SMILES string of the molecule is c1ccc(-c2nc(-c3ccc4ccccc4c3)nc(-c3cc4c5ccc(-c6ccc7ccccc7c6)cc5oc4c4ccccc34)n2)cc1. The molecule has 0 spiro atoms. The lowest BCUT2D eigenvalue weighted by atomic mass is 9.98. The summed E-state index contributed by atoms with van der Waals surface area (Å²) in [6.07, 6.45) is 0. The second-order valence-corrected chi connectivity index (χ2v) is 12.5. The second kappa shape index (κ2) is 11.0. The number of benzene rings is 8. The van der Waals surface area contributed by atoms with Gasteiger partial charge in [-0.25, -0.2) is 15.0 Å². The van der Waals surface area contributed by atoms with Gasteiger partial charge >= 0.3 is 0 Å². The predicted molar refractivity (Wildman–Crippen MR) is 201 cm³/mol. The van der Waals surface area contributed by atoms with Gasteiger partial charge in [0.1, 0.15) is 11.2 Å². The number of rotatable bonds is 4. The average Bonchev–Trinajstić information content (AvgIpc) is 3.55. The molecule has 10 rings (SSSR count). The van der Waals surface area contributed by atoms with Crippen molar-refractivity contribution >= 4 is 54.3 Å². The van der Waals surface area contributed by atoms with E-state index in [4.69, 9.17) is 19.4 Å². The van der Waals surface area contributed by atoms with E-state index in [-0.39, 0.29) is 0 Å². The van der Waals surface area contributed by atoms with Gasteiger partial charge in [-0.05, 0) is 68.4 Å². The summed E-state index contributed by atoms with van der Waals surface area (Å²) in [5, 5.41) is 8.90. The Balaban J connectivity index is 1.19. The lowest BCUT2D eigenvalue weighted by Crippen LogP contribution is -2.00. The minimum Gasteiger partial charge on any atom is -0.455 e. The second-order valence-electron chi connectivity index (χ2n) is 12.5. The van der Waals surface area contributed by atoms with Crippen LogP contribution in [0.2, 0.25) is 0 Å². The van der Waals surface area contributed by atoms with Crippen molar-refractivity contribution in [2.24, 2.45) is 0 Å². The highest BCUT2D eigenvalue weighted by molar-refractivity contribution is 6.19. The van der Waals surface area contributed by atoms with Gasteiger partial charge in [0.2, 0.25) is 0 Å². The van der Waals surface area contributed by atoms with Gasteiger partial charge < -0.3 is 4.42 Å². The lowest BCUT2D eigenvalue weighted by molar-refractivity contribution is 0.673. The molecule has 0 saturated heterocycles. The molecule has 228 valence electrons. The Morgan fingerprint density at radius 2 is 0.878 bits per heavy atom. The molecule has 0 saturated carbocycles. The van der Waals surface area contributed by atoms with Gasteiger partial charge in [-0.15, -0.1) is 0 Å². The predicted octanol–water partition coefficient (Wildman–Crippen LogP) is 11.9. The molecule has 2 heterocycles. The standard InChI is InChI=1S/C45H27N3O/c1-2-12-30(13-3-1)43-46-44(35-21-19-29-11-5-7-15-32(29)25-35)48-45(47-43)40-27-39-37-23-22-34(33-20-18-28-10-4-6-14-31(28)24-33)26-41(37)49-42(39)38-17-9-8-16-36(38)40/h1-27H. The van der Waals surface area contributed by atoms with Crippen molar-refractivity contribution in [3.63, 3.8) is 0 Å². The molecule has 0 radical (unpaired) electrons. The first-order valence-electron chi connectivity index (χ1n) is 16.4. The van der Waals surface area contributed by atoms with E-state index < -0.39 is 0 Å². The first-order valence-corrected chi connectivity index (χ1v) is 16.4. The number of hydrogen-bond acceptors (Lipinski definition) is 4. The van der Waals surface area contributed by atoms with Crippen molar-refractivity contribution in [2.45, 2.75) is 0 Å². The zero-order chi connectivity index (χ0) is 32.3. The summed E-state index contributed by atoms with van der Waals surface area (Å²) in [6, 6.07) is 57.0. The quantitative estimate of drug-likeness (QED) is 0.195. The summed E-state index contributed by atoms with van der Waals surface area (Å²) in [5.41, 5.74) is 6.80. The van der Waals surface area contributed by atoms with Crippen LogP contribution < -0.4 is 0 Å². The van der Waals surface area contributed by atoms with E-state index in [0.29, 0.717) is 17.5 Å². The Kier molecular flexibility index (Phi) is 6.15. The van der Waals surface area contributed by atoms with Crippen LogP contribution >= 0.6 is 0 Å². The van der Waals surface area contributed by atoms with Crippen LogP contribution in [0.3, 0.4) is 0 Å². The summed E-state index contributed by atoms with van der Waals surface area (Å²) in [7, 11) is 0. The molecule has 2 aromatic heterocycles. The van der Waals surface area contributed by atoms with Crippen molar-refractivity contribution in [3.05, 3.63) is 164 Å². The molecule has 0 amide bonds. The summed E-state index contributed by atoms with van der Waals surface area (Å²) in [6.45, 7) is 0. The van der Waals surface area contributed by atoms with Crippen LogP contribution in [0.25, 0.3) is 99.5 Å². The Hall–Kier alpha value is -6.65. The maximum atomic E-state index is 6.68. The van der Waals surface area contributed by atoms with Gasteiger partial charge in [-0.1, -0.05) is 133 Å². The van der Waals surface area contributed by atoms with E-state index in [0.717, 1.165) is 65.9 Å². The first-order chi connectivity index (χ1) is 24.2. The van der Waals surface area contributed by atoms with Crippen LogP contribution in [-0.2, 0) is 0 Å². The number of fused-ring (bicyclic) bond motifs is 7. The van der Waals surface area contributed by atoms with Crippen molar-refractivity contribution in [3.8, 4) is 45.3 Å². The van der Waals surface area contributed by atoms with E-state index in [1.165, 1.54) is 16.2 Å². The molecule has 4 nitrogen and oxygen atoms in total. The third-order valence-corrected chi connectivity index (χ3v) is 9.48. The van der Waals surface area contributed by atoms with Crippen molar-refractivity contribution in [2.75, 3.05) is 0 Å². The largest absolute Gasteiger partial charge is 0.455 e. The molecule has 0 fully saturated rings. The van der Waals surface area contributed by atoms with Gasteiger partial charge in [-0.2, -0.15) is 0 Å². The minimum atomic E-state index is 0.622. The van der Waals surface area contributed by atoms with Gasteiger partial charge in [0.15, 0.2) is 17.5 Å². The Labute approximate surface area is 282 Å². The summed E-state index contributed by atoms with van der Waals surface area (Å²) in [4.78, 5) is 15.3. The monoisotopic (exact) mass is 625 g/mol.